The average molecular weight is 442 g/mol. The highest BCUT2D eigenvalue weighted by atomic mass is 79.9. The van der Waals surface area contributed by atoms with Gasteiger partial charge in [-0.25, -0.2) is 0 Å². The van der Waals surface area contributed by atoms with Crippen molar-refractivity contribution in [2.75, 3.05) is 7.11 Å². The standard InChI is InChI=1S/C19H24BrNO4S/c1-6-11(3)21-18(22)16(26-19(21)23)10-13-8-14(20)17(15(9-13)24-5)25-12(4)7-2/h8-12H,6-7H2,1-5H3/b16-10+/t11-,12+/m1/s1. The van der Waals surface area contributed by atoms with Gasteiger partial charge >= 0.3 is 0 Å². The molecule has 1 aliphatic rings. The van der Waals surface area contributed by atoms with Gasteiger partial charge in [-0.15, -0.1) is 0 Å². The van der Waals surface area contributed by atoms with Crippen LogP contribution < -0.4 is 9.47 Å². The van der Waals surface area contributed by atoms with Gasteiger partial charge in [-0.2, -0.15) is 0 Å². The maximum absolute atomic E-state index is 12.6. The molecule has 1 aromatic rings. The van der Waals surface area contributed by atoms with Crippen molar-refractivity contribution < 1.29 is 19.1 Å². The SMILES string of the molecule is CC[C@@H](C)N1C(=O)S/C(=C/c2cc(Br)c(O[C@@H](C)CC)c(OC)c2)C1=O. The van der Waals surface area contributed by atoms with Crippen LogP contribution in [-0.2, 0) is 4.79 Å². The number of methoxy groups -OCH3 is 1. The molecule has 0 N–H and O–H groups in total. The van der Waals surface area contributed by atoms with Crippen LogP contribution in [0.4, 0.5) is 4.79 Å². The number of imide groups is 1. The highest BCUT2D eigenvalue weighted by molar-refractivity contribution is 9.10. The van der Waals surface area contributed by atoms with Crippen molar-refractivity contribution >= 4 is 44.9 Å². The van der Waals surface area contributed by atoms with Gasteiger partial charge in [0.1, 0.15) is 0 Å². The van der Waals surface area contributed by atoms with Gasteiger partial charge in [-0.05, 0) is 78.2 Å². The summed E-state index contributed by atoms with van der Waals surface area (Å²) in [7, 11) is 1.58. The zero-order chi connectivity index (χ0) is 19.4. The van der Waals surface area contributed by atoms with Crippen molar-refractivity contribution in [3.05, 3.63) is 27.1 Å². The lowest BCUT2D eigenvalue weighted by atomic mass is 10.1. The Morgan fingerprint density at radius 2 is 1.92 bits per heavy atom. The third-order valence-corrected chi connectivity index (χ3v) is 5.77. The molecule has 2 amide bonds. The fourth-order valence-electron chi connectivity index (χ4n) is 2.42. The Bertz CT molecular complexity index is 734. The highest BCUT2D eigenvalue weighted by Crippen LogP contribution is 2.40. The van der Waals surface area contributed by atoms with E-state index in [4.69, 9.17) is 9.47 Å². The number of thioether (sulfide) groups is 1. The first-order valence-electron chi connectivity index (χ1n) is 8.63. The smallest absolute Gasteiger partial charge is 0.293 e. The van der Waals surface area contributed by atoms with E-state index in [9.17, 15) is 9.59 Å². The summed E-state index contributed by atoms with van der Waals surface area (Å²) in [5.41, 5.74) is 0.764. The summed E-state index contributed by atoms with van der Waals surface area (Å²) < 4.78 is 12.1. The lowest BCUT2D eigenvalue weighted by molar-refractivity contribution is -0.124. The first kappa shape index (κ1) is 20.8. The molecule has 0 aliphatic carbocycles. The number of rotatable bonds is 7. The molecule has 0 bridgehead atoms. The molecule has 26 heavy (non-hydrogen) atoms. The van der Waals surface area contributed by atoms with Crippen molar-refractivity contribution in [3.63, 3.8) is 0 Å². The van der Waals surface area contributed by atoms with Gasteiger partial charge in [-0.3, -0.25) is 14.5 Å². The van der Waals surface area contributed by atoms with E-state index in [0.29, 0.717) is 16.4 Å². The molecule has 0 radical (unpaired) electrons. The van der Waals surface area contributed by atoms with E-state index in [2.05, 4.69) is 15.9 Å². The summed E-state index contributed by atoms with van der Waals surface area (Å²) in [6.45, 7) is 7.87. The number of hydrogen-bond donors (Lipinski definition) is 0. The van der Waals surface area contributed by atoms with Crippen LogP contribution >= 0.6 is 27.7 Å². The summed E-state index contributed by atoms with van der Waals surface area (Å²) in [5, 5.41) is -0.224. The van der Waals surface area contributed by atoms with E-state index in [1.54, 1.807) is 19.3 Å². The minimum absolute atomic E-state index is 0.0538. The van der Waals surface area contributed by atoms with Crippen LogP contribution in [0.1, 0.15) is 46.1 Å². The summed E-state index contributed by atoms with van der Waals surface area (Å²) >= 11 is 4.49. The van der Waals surface area contributed by atoms with E-state index in [1.807, 2.05) is 33.8 Å². The predicted molar refractivity (Wildman–Crippen MR) is 109 cm³/mol. The second-order valence-corrected chi connectivity index (χ2v) is 8.03. The van der Waals surface area contributed by atoms with E-state index < -0.39 is 0 Å². The van der Waals surface area contributed by atoms with E-state index >= 15 is 0 Å². The molecule has 1 fully saturated rings. The van der Waals surface area contributed by atoms with Crippen LogP contribution in [0.5, 0.6) is 11.5 Å². The Morgan fingerprint density at radius 1 is 1.23 bits per heavy atom. The van der Waals surface area contributed by atoms with Crippen molar-refractivity contribution in [1.29, 1.82) is 0 Å². The highest BCUT2D eigenvalue weighted by Gasteiger charge is 2.37. The lowest BCUT2D eigenvalue weighted by Crippen LogP contribution is -2.36. The molecule has 1 heterocycles. The van der Waals surface area contributed by atoms with Crippen LogP contribution in [0.15, 0.2) is 21.5 Å². The largest absolute Gasteiger partial charge is 0.493 e. The van der Waals surface area contributed by atoms with Gasteiger partial charge in [0.2, 0.25) is 0 Å². The number of carbonyl (C=O) groups is 2. The molecule has 0 spiro atoms. The minimum Gasteiger partial charge on any atom is -0.493 e. The van der Waals surface area contributed by atoms with Gasteiger partial charge in [0, 0.05) is 6.04 Å². The van der Waals surface area contributed by atoms with E-state index in [0.717, 1.165) is 34.6 Å². The Morgan fingerprint density at radius 3 is 2.50 bits per heavy atom. The second-order valence-electron chi connectivity index (χ2n) is 6.18. The molecule has 2 rings (SSSR count). The average Bonchev–Trinajstić information content (AvgIpc) is 2.89. The molecule has 0 unspecified atom stereocenters. The topological polar surface area (TPSA) is 55.8 Å². The predicted octanol–water partition coefficient (Wildman–Crippen LogP) is 5.47. The summed E-state index contributed by atoms with van der Waals surface area (Å²) in [4.78, 5) is 26.5. The molecule has 5 nitrogen and oxygen atoms in total. The molecule has 142 valence electrons. The quantitative estimate of drug-likeness (QED) is 0.524. The Kier molecular flexibility index (Phi) is 7.17. The molecule has 0 saturated carbocycles. The fourth-order valence-corrected chi connectivity index (χ4v) is 3.90. The number of nitrogens with zero attached hydrogens (tertiary/aromatic N) is 1. The number of benzene rings is 1. The third kappa shape index (κ3) is 4.43. The van der Waals surface area contributed by atoms with Crippen LogP contribution in [0.3, 0.4) is 0 Å². The number of ether oxygens (including phenoxy) is 2. The normalized spacial score (nSPS) is 18.4. The first-order chi connectivity index (χ1) is 12.3. The summed E-state index contributed by atoms with van der Waals surface area (Å²) in [6, 6.07) is 3.55. The molecule has 7 heteroatoms. The van der Waals surface area contributed by atoms with Crippen LogP contribution in [0.25, 0.3) is 6.08 Å². The molecule has 1 aliphatic heterocycles. The molecule has 2 atom stereocenters. The minimum atomic E-state index is -0.246. The Balaban J connectivity index is 2.35. The third-order valence-electron chi connectivity index (χ3n) is 4.30. The molecular weight excluding hydrogens is 418 g/mol. The molecule has 1 aromatic carbocycles. The van der Waals surface area contributed by atoms with E-state index in [1.165, 1.54) is 4.90 Å². The second kappa shape index (κ2) is 8.95. The van der Waals surface area contributed by atoms with Crippen LogP contribution in [0.2, 0.25) is 0 Å². The van der Waals surface area contributed by atoms with Crippen molar-refractivity contribution in [2.24, 2.45) is 0 Å². The number of carbonyl (C=O) groups excluding carboxylic acids is 2. The van der Waals surface area contributed by atoms with Gasteiger partial charge in [-0.1, -0.05) is 13.8 Å². The lowest BCUT2D eigenvalue weighted by Gasteiger charge is -2.19. The molecule has 1 saturated heterocycles. The number of amides is 2. The summed E-state index contributed by atoms with van der Waals surface area (Å²) in [6.07, 6.45) is 3.37. The Labute approximate surface area is 167 Å². The fraction of sp³-hybridized carbons (Fsp3) is 0.474. The van der Waals surface area contributed by atoms with Gasteiger partial charge in [0.25, 0.3) is 11.1 Å². The van der Waals surface area contributed by atoms with Crippen LogP contribution in [-0.4, -0.2) is 35.3 Å². The van der Waals surface area contributed by atoms with E-state index in [-0.39, 0.29) is 23.3 Å². The molecule has 0 aromatic heterocycles. The zero-order valence-electron chi connectivity index (χ0n) is 15.7. The van der Waals surface area contributed by atoms with Crippen molar-refractivity contribution in [2.45, 2.75) is 52.7 Å². The zero-order valence-corrected chi connectivity index (χ0v) is 18.1. The van der Waals surface area contributed by atoms with Gasteiger partial charge in [0.05, 0.1) is 22.6 Å². The maximum atomic E-state index is 12.6. The molecular formula is C19H24BrNO4S. The van der Waals surface area contributed by atoms with Gasteiger partial charge in [0.15, 0.2) is 11.5 Å². The monoisotopic (exact) mass is 441 g/mol. The number of hydrogen-bond acceptors (Lipinski definition) is 5. The van der Waals surface area contributed by atoms with Crippen LogP contribution in [0, 0.1) is 0 Å². The van der Waals surface area contributed by atoms with Crippen molar-refractivity contribution in [3.8, 4) is 11.5 Å². The Hall–Kier alpha value is -1.47. The van der Waals surface area contributed by atoms with Crippen molar-refractivity contribution in [1.82, 2.24) is 4.90 Å². The maximum Gasteiger partial charge on any atom is 0.293 e. The number of halogens is 1. The summed E-state index contributed by atoms with van der Waals surface area (Å²) in [5.74, 6) is 0.961. The van der Waals surface area contributed by atoms with Gasteiger partial charge < -0.3 is 9.47 Å². The first-order valence-corrected chi connectivity index (χ1v) is 10.2.